The number of hydrogen-bond donors (Lipinski definition) is 3. The van der Waals surface area contributed by atoms with Crippen molar-refractivity contribution >= 4 is 17.9 Å². The van der Waals surface area contributed by atoms with Crippen molar-refractivity contribution in [3.63, 3.8) is 0 Å². The molecule has 0 amide bonds. The Kier molecular flexibility index (Phi) is 5.68. The number of hydrazine groups is 1. The Hall–Kier alpha value is -2.22. The minimum absolute atomic E-state index is 0.130. The second kappa shape index (κ2) is 7.27. The van der Waals surface area contributed by atoms with Crippen molar-refractivity contribution < 1.29 is 23.5 Å². The number of halogens is 2. The Balaban J connectivity index is 2.71. The van der Waals surface area contributed by atoms with E-state index in [1.165, 1.54) is 12.1 Å². The summed E-state index contributed by atoms with van der Waals surface area (Å²) in [6.07, 6.45) is 0.849. The predicted molar refractivity (Wildman–Crippen MR) is 63.8 cm³/mol. The van der Waals surface area contributed by atoms with Gasteiger partial charge in [0.15, 0.2) is 17.7 Å². The molecule has 0 aromatic heterocycles. The van der Waals surface area contributed by atoms with Gasteiger partial charge in [0, 0.05) is 0 Å². The van der Waals surface area contributed by atoms with E-state index in [9.17, 15) is 13.6 Å². The third-order valence-corrected chi connectivity index (χ3v) is 2.07. The van der Waals surface area contributed by atoms with Gasteiger partial charge < -0.3 is 15.4 Å². The average Bonchev–Trinajstić information content (AvgIpc) is 2.39. The molecule has 1 rings (SSSR count). The largest absolute Gasteiger partial charge is 0.464 e. The molecule has 0 radical (unpaired) electrons. The van der Waals surface area contributed by atoms with E-state index in [0.29, 0.717) is 0 Å². The van der Waals surface area contributed by atoms with Crippen LogP contribution in [0.4, 0.5) is 14.5 Å². The lowest BCUT2D eigenvalue weighted by molar-refractivity contribution is -0.143. The SMILES string of the molecule is CCOC(=O)C(/C=N/O)NNc1cccc(F)c1F. The van der Waals surface area contributed by atoms with Crippen molar-refractivity contribution in [3.05, 3.63) is 29.8 Å². The number of anilines is 1. The van der Waals surface area contributed by atoms with Gasteiger partial charge in [-0.1, -0.05) is 11.2 Å². The normalized spacial score (nSPS) is 12.4. The van der Waals surface area contributed by atoms with Crippen molar-refractivity contribution in [2.45, 2.75) is 13.0 Å². The van der Waals surface area contributed by atoms with Crippen LogP contribution < -0.4 is 10.9 Å². The zero-order chi connectivity index (χ0) is 14.3. The van der Waals surface area contributed by atoms with E-state index in [4.69, 9.17) is 5.21 Å². The summed E-state index contributed by atoms with van der Waals surface area (Å²) in [5.74, 6) is -2.86. The monoisotopic (exact) mass is 273 g/mol. The van der Waals surface area contributed by atoms with Crippen LogP contribution in [0.15, 0.2) is 23.4 Å². The topological polar surface area (TPSA) is 83.0 Å². The Bertz CT molecular complexity index is 468. The molecule has 0 saturated heterocycles. The number of rotatable bonds is 6. The number of carbonyl (C=O) groups excluding carboxylic acids is 1. The summed E-state index contributed by atoms with van der Waals surface area (Å²) < 4.78 is 30.9. The molecule has 1 atom stereocenters. The lowest BCUT2D eigenvalue weighted by Crippen LogP contribution is -2.43. The molecule has 0 saturated carbocycles. The smallest absolute Gasteiger partial charge is 0.330 e. The first kappa shape index (κ1) is 14.8. The van der Waals surface area contributed by atoms with Crippen molar-refractivity contribution in [2.75, 3.05) is 12.0 Å². The summed E-state index contributed by atoms with van der Waals surface area (Å²) in [6, 6.07) is 2.37. The molecule has 0 aliphatic heterocycles. The number of nitrogens with one attached hydrogen (secondary N) is 2. The number of carbonyl (C=O) groups is 1. The minimum atomic E-state index is -1.15. The molecule has 0 heterocycles. The lowest BCUT2D eigenvalue weighted by atomic mass is 10.3. The first-order valence-electron chi connectivity index (χ1n) is 5.39. The van der Waals surface area contributed by atoms with Crippen LogP contribution in [-0.2, 0) is 9.53 Å². The maximum absolute atomic E-state index is 13.3. The molecular formula is C11H13F2N3O3. The van der Waals surface area contributed by atoms with E-state index >= 15 is 0 Å². The fraction of sp³-hybridized carbons (Fsp3) is 0.273. The zero-order valence-corrected chi connectivity index (χ0v) is 10.1. The molecule has 0 aliphatic carbocycles. The highest BCUT2D eigenvalue weighted by molar-refractivity contribution is 5.94. The van der Waals surface area contributed by atoms with E-state index in [2.05, 4.69) is 20.7 Å². The number of hydrogen-bond acceptors (Lipinski definition) is 6. The summed E-state index contributed by atoms with van der Waals surface area (Å²) in [5, 5.41) is 11.1. The van der Waals surface area contributed by atoms with Gasteiger partial charge in [-0.2, -0.15) is 0 Å². The summed E-state index contributed by atoms with van der Waals surface area (Å²) in [6.45, 7) is 1.73. The molecular weight excluding hydrogens is 260 g/mol. The maximum Gasteiger partial charge on any atom is 0.330 e. The molecule has 19 heavy (non-hydrogen) atoms. The average molecular weight is 273 g/mol. The summed E-state index contributed by atoms with van der Waals surface area (Å²) in [5.41, 5.74) is 4.47. The molecule has 104 valence electrons. The Morgan fingerprint density at radius 2 is 2.32 bits per heavy atom. The highest BCUT2D eigenvalue weighted by Gasteiger charge is 2.18. The second-order valence-electron chi connectivity index (χ2n) is 3.36. The first-order valence-corrected chi connectivity index (χ1v) is 5.39. The minimum Gasteiger partial charge on any atom is -0.464 e. The van der Waals surface area contributed by atoms with Crippen LogP contribution in [0.1, 0.15) is 6.92 Å². The van der Waals surface area contributed by atoms with Crippen molar-refractivity contribution in [2.24, 2.45) is 5.16 Å². The van der Waals surface area contributed by atoms with Crippen LogP contribution in [0.2, 0.25) is 0 Å². The van der Waals surface area contributed by atoms with E-state index in [1.807, 2.05) is 0 Å². The lowest BCUT2D eigenvalue weighted by Gasteiger charge is -2.14. The second-order valence-corrected chi connectivity index (χ2v) is 3.36. The van der Waals surface area contributed by atoms with Gasteiger partial charge in [-0.25, -0.2) is 19.0 Å². The highest BCUT2D eigenvalue weighted by atomic mass is 19.2. The van der Waals surface area contributed by atoms with E-state index in [-0.39, 0.29) is 12.3 Å². The van der Waals surface area contributed by atoms with Gasteiger partial charge in [0.2, 0.25) is 0 Å². The van der Waals surface area contributed by atoms with Crippen LogP contribution in [0.25, 0.3) is 0 Å². The Morgan fingerprint density at radius 1 is 1.58 bits per heavy atom. The number of nitrogens with zero attached hydrogens (tertiary/aromatic N) is 1. The van der Waals surface area contributed by atoms with Gasteiger partial charge >= 0.3 is 5.97 Å². The Labute approximate surface area is 108 Å². The van der Waals surface area contributed by atoms with Gasteiger partial charge in [-0.3, -0.25) is 0 Å². The third kappa shape index (κ3) is 4.18. The van der Waals surface area contributed by atoms with Gasteiger partial charge in [0.25, 0.3) is 0 Å². The van der Waals surface area contributed by atoms with Crippen LogP contribution in [0, 0.1) is 11.6 Å². The van der Waals surface area contributed by atoms with Crippen LogP contribution in [-0.4, -0.2) is 30.0 Å². The van der Waals surface area contributed by atoms with Gasteiger partial charge in [-0.15, -0.1) is 0 Å². The molecule has 6 nitrogen and oxygen atoms in total. The summed E-state index contributed by atoms with van der Waals surface area (Å²) in [4.78, 5) is 11.4. The summed E-state index contributed by atoms with van der Waals surface area (Å²) >= 11 is 0. The van der Waals surface area contributed by atoms with Crippen LogP contribution >= 0.6 is 0 Å². The van der Waals surface area contributed by atoms with Crippen molar-refractivity contribution in [3.8, 4) is 0 Å². The number of benzene rings is 1. The maximum atomic E-state index is 13.3. The fourth-order valence-corrected chi connectivity index (χ4v) is 1.21. The molecule has 0 spiro atoms. The fourth-order valence-electron chi connectivity index (χ4n) is 1.21. The van der Waals surface area contributed by atoms with Gasteiger partial charge in [0.05, 0.1) is 18.5 Å². The van der Waals surface area contributed by atoms with E-state index < -0.39 is 23.6 Å². The standard InChI is InChI=1S/C11H13F2N3O3/c1-2-19-11(17)9(6-14-18)16-15-8-5-3-4-7(12)10(8)13/h3-6,9,15-16,18H,2H2,1H3/b14-6+. The quantitative estimate of drug-likeness (QED) is 0.315. The molecule has 1 aromatic rings. The van der Waals surface area contributed by atoms with Crippen molar-refractivity contribution in [1.29, 1.82) is 0 Å². The number of ether oxygens (including phenoxy) is 1. The van der Waals surface area contributed by atoms with E-state index in [0.717, 1.165) is 12.3 Å². The molecule has 1 aromatic carbocycles. The Morgan fingerprint density at radius 3 is 2.95 bits per heavy atom. The molecule has 3 N–H and O–H groups in total. The number of oxime groups is 1. The summed E-state index contributed by atoms with van der Waals surface area (Å²) in [7, 11) is 0. The molecule has 1 unspecified atom stereocenters. The molecule has 0 aliphatic rings. The first-order chi connectivity index (χ1) is 9.10. The third-order valence-electron chi connectivity index (χ3n) is 2.07. The van der Waals surface area contributed by atoms with Crippen molar-refractivity contribution in [1.82, 2.24) is 5.43 Å². The molecule has 0 fully saturated rings. The van der Waals surface area contributed by atoms with Gasteiger partial charge in [0.1, 0.15) is 0 Å². The van der Waals surface area contributed by atoms with Gasteiger partial charge in [-0.05, 0) is 19.1 Å². The number of esters is 1. The van der Waals surface area contributed by atoms with E-state index in [1.54, 1.807) is 6.92 Å². The molecule has 8 heteroatoms. The van der Waals surface area contributed by atoms with Crippen LogP contribution in [0.3, 0.4) is 0 Å². The zero-order valence-electron chi connectivity index (χ0n) is 10.1. The predicted octanol–water partition coefficient (Wildman–Crippen LogP) is 1.27. The highest BCUT2D eigenvalue weighted by Crippen LogP contribution is 2.15. The molecule has 0 bridgehead atoms. The van der Waals surface area contributed by atoms with Crippen LogP contribution in [0.5, 0.6) is 0 Å².